The molecule has 0 atom stereocenters. The van der Waals surface area contributed by atoms with Crippen LogP contribution < -0.4 is 0 Å². The van der Waals surface area contributed by atoms with Crippen molar-refractivity contribution in [2.45, 2.75) is 13.8 Å². The Labute approximate surface area is 153 Å². The molecule has 0 spiro atoms. The molecule has 5 nitrogen and oxygen atoms in total. The molecule has 0 aliphatic carbocycles. The summed E-state index contributed by atoms with van der Waals surface area (Å²) < 4.78 is 33.7. The van der Waals surface area contributed by atoms with Crippen LogP contribution in [-0.4, -0.2) is 20.2 Å². The Hall–Kier alpha value is -3.48. The van der Waals surface area contributed by atoms with Crippen molar-refractivity contribution in [2.24, 2.45) is 0 Å². The average molecular weight is 364 g/mol. The van der Waals surface area contributed by atoms with Crippen LogP contribution in [0.2, 0.25) is 0 Å². The summed E-state index contributed by atoms with van der Waals surface area (Å²) in [7, 11) is 0. The van der Waals surface area contributed by atoms with Gasteiger partial charge in [0.15, 0.2) is 5.82 Å². The molecule has 0 amide bonds. The lowest BCUT2D eigenvalue weighted by Crippen LogP contribution is -1.97. The van der Waals surface area contributed by atoms with E-state index in [0.717, 1.165) is 5.56 Å². The lowest BCUT2D eigenvalue weighted by Gasteiger charge is -2.09. The molecule has 4 aromatic rings. The maximum absolute atomic E-state index is 14.7. The molecule has 7 heteroatoms. The highest BCUT2D eigenvalue weighted by atomic mass is 19.1. The molecule has 4 rings (SSSR count). The van der Waals surface area contributed by atoms with Crippen molar-refractivity contribution in [3.8, 4) is 34.2 Å². The van der Waals surface area contributed by atoms with Crippen LogP contribution in [0.25, 0.3) is 34.2 Å². The number of pyridine rings is 2. The van der Waals surface area contributed by atoms with Crippen molar-refractivity contribution >= 4 is 0 Å². The third kappa shape index (κ3) is 3.19. The van der Waals surface area contributed by atoms with Crippen molar-refractivity contribution in [1.82, 2.24) is 20.2 Å². The van der Waals surface area contributed by atoms with Crippen molar-refractivity contribution in [3.63, 3.8) is 0 Å². The van der Waals surface area contributed by atoms with Crippen LogP contribution in [0.1, 0.15) is 11.3 Å². The Bertz CT molecular complexity index is 1140. The summed E-state index contributed by atoms with van der Waals surface area (Å²) in [5.41, 5.74) is 2.89. The van der Waals surface area contributed by atoms with Gasteiger partial charge in [-0.2, -0.15) is 0 Å². The first kappa shape index (κ1) is 17.0. The number of aryl methyl sites for hydroxylation is 2. The summed E-state index contributed by atoms with van der Waals surface area (Å²) >= 11 is 0. The molecule has 134 valence electrons. The second-order valence-electron chi connectivity index (χ2n) is 6.07. The van der Waals surface area contributed by atoms with Gasteiger partial charge in [-0.25, -0.2) is 13.8 Å². The molecule has 27 heavy (non-hydrogen) atoms. The van der Waals surface area contributed by atoms with Crippen LogP contribution in [0.15, 0.2) is 53.2 Å². The van der Waals surface area contributed by atoms with Gasteiger partial charge in [-0.05, 0) is 49.7 Å². The normalized spacial score (nSPS) is 11.0. The predicted octanol–water partition coefficient (Wildman–Crippen LogP) is 4.76. The first-order valence-electron chi connectivity index (χ1n) is 8.21. The minimum atomic E-state index is -0.431. The zero-order chi connectivity index (χ0) is 19.0. The predicted molar refractivity (Wildman–Crippen MR) is 95.6 cm³/mol. The van der Waals surface area contributed by atoms with Gasteiger partial charge in [0.05, 0.1) is 5.69 Å². The van der Waals surface area contributed by atoms with Gasteiger partial charge in [-0.3, -0.25) is 4.98 Å². The molecule has 0 saturated carbocycles. The first-order chi connectivity index (χ1) is 13.0. The van der Waals surface area contributed by atoms with E-state index in [0.29, 0.717) is 22.4 Å². The van der Waals surface area contributed by atoms with Crippen LogP contribution in [0.4, 0.5) is 8.78 Å². The summed E-state index contributed by atoms with van der Waals surface area (Å²) in [4.78, 5) is 8.29. The SMILES string of the molecule is Cc1ccncc1-c1cc(-c2nnc(-c3cccc(F)c3)o2)nc(C)c1F. The van der Waals surface area contributed by atoms with Gasteiger partial charge < -0.3 is 4.42 Å². The fourth-order valence-electron chi connectivity index (χ4n) is 2.77. The van der Waals surface area contributed by atoms with Crippen molar-refractivity contribution < 1.29 is 13.2 Å². The lowest BCUT2D eigenvalue weighted by molar-refractivity contribution is 0.576. The average Bonchev–Trinajstić information content (AvgIpc) is 3.15. The Kier molecular flexibility index (Phi) is 4.19. The Morgan fingerprint density at radius 3 is 2.52 bits per heavy atom. The highest BCUT2D eigenvalue weighted by Gasteiger charge is 2.18. The highest BCUT2D eigenvalue weighted by Crippen LogP contribution is 2.31. The van der Waals surface area contributed by atoms with Gasteiger partial charge in [0.2, 0.25) is 5.89 Å². The summed E-state index contributed by atoms with van der Waals surface area (Å²) in [5.74, 6) is -0.551. The van der Waals surface area contributed by atoms with E-state index in [1.54, 1.807) is 43.6 Å². The van der Waals surface area contributed by atoms with Gasteiger partial charge >= 0.3 is 0 Å². The lowest BCUT2D eigenvalue weighted by atomic mass is 10.0. The topological polar surface area (TPSA) is 64.7 Å². The zero-order valence-corrected chi connectivity index (χ0v) is 14.6. The van der Waals surface area contributed by atoms with E-state index in [9.17, 15) is 8.78 Å². The standard InChI is InChI=1S/C20H14F2N4O/c1-11-6-7-23-10-16(11)15-9-17(24-12(2)18(15)22)20-26-25-19(27-20)13-4-3-5-14(21)8-13/h3-10H,1-2H3. The molecule has 0 fully saturated rings. The van der Waals surface area contributed by atoms with E-state index >= 15 is 0 Å². The molecular weight excluding hydrogens is 350 g/mol. The zero-order valence-electron chi connectivity index (χ0n) is 14.6. The molecule has 0 aliphatic heterocycles. The van der Waals surface area contributed by atoms with Gasteiger partial charge in [0.25, 0.3) is 5.89 Å². The Morgan fingerprint density at radius 2 is 1.74 bits per heavy atom. The number of hydrogen-bond acceptors (Lipinski definition) is 5. The molecule has 3 aromatic heterocycles. The fraction of sp³-hybridized carbons (Fsp3) is 0.100. The van der Waals surface area contributed by atoms with E-state index in [2.05, 4.69) is 20.2 Å². The second kappa shape index (κ2) is 6.68. The van der Waals surface area contributed by atoms with E-state index in [1.165, 1.54) is 12.1 Å². The van der Waals surface area contributed by atoms with Crippen molar-refractivity contribution in [2.75, 3.05) is 0 Å². The monoisotopic (exact) mass is 364 g/mol. The van der Waals surface area contributed by atoms with Crippen LogP contribution in [0.3, 0.4) is 0 Å². The molecule has 0 saturated heterocycles. The summed E-state index contributed by atoms with van der Waals surface area (Å²) in [6.45, 7) is 3.44. The van der Waals surface area contributed by atoms with E-state index < -0.39 is 11.6 Å². The third-order valence-corrected chi connectivity index (χ3v) is 4.17. The molecule has 0 aliphatic rings. The quantitative estimate of drug-likeness (QED) is 0.525. The molecular formula is C20H14F2N4O. The number of benzene rings is 1. The molecule has 0 N–H and O–H groups in total. The van der Waals surface area contributed by atoms with Crippen LogP contribution in [-0.2, 0) is 0 Å². The second-order valence-corrected chi connectivity index (χ2v) is 6.07. The summed E-state index contributed by atoms with van der Waals surface area (Å²) in [5, 5.41) is 7.93. The maximum Gasteiger partial charge on any atom is 0.266 e. The van der Waals surface area contributed by atoms with Crippen molar-refractivity contribution in [3.05, 3.63) is 71.7 Å². The Morgan fingerprint density at radius 1 is 0.926 bits per heavy atom. The van der Waals surface area contributed by atoms with E-state index in [1.807, 2.05) is 6.92 Å². The minimum absolute atomic E-state index is 0.125. The van der Waals surface area contributed by atoms with Gasteiger partial charge in [-0.1, -0.05) is 6.07 Å². The van der Waals surface area contributed by atoms with Gasteiger partial charge in [0, 0.05) is 29.1 Å². The summed E-state index contributed by atoms with van der Waals surface area (Å²) in [6, 6.07) is 9.19. The Balaban J connectivity index is 1.81. The molecule has 1 aromatic carbocycles. The fourth-order valence-corrected chi connectivity index (χ4v) is 2.77. The van der Waals surface area contributed by atoms with E-state index in [4.69, 9.17) is 4.42 Å². The van der Waals surface area contributed by atoms with Crippen LogP contribution >= 0.6 is 0 Å². The van der Waals surface area contributed by atoms with Gasteiger partial charge in [0.1, 0.15) is 11.5 Å². The number of hydrogen-bond donors (Lipinski definition) is 0. The van der Waals surface area contributed by atoms with E-state index in [-0.39, 0.29) is 17.5 Å². The van der Waals surface area contributed by atoms with Crippen LogP contribution in [0, 0.1) is 25.5 Å². The number of halogens is 2. The summed E-state index contributed by atoms with van der Waals surface area (Å²) in [6.07, 6.45) is 3.25. The highest BCUT2D eigenvalue weighted by molar-refractivity contribution is 5.71. The molecule has 0 bridgehead atoms. The largest absolute Gasteiger partial charge is 0.415 e. The van der Waals surface area contributed by atoms with Gasteiger partial charge in [-0.15, -0.1) is 10.2 Å². The minimum Gasteiger partial charge on any atom is -0.415 e. The molecule has 0 unspecified atom stereocenters. The maximum atomic E-state index is 14.7. The first-order valence-corrected chi connectivity index (χ1v) is 8.21. The smallest absolute Gasteiger partial charge is 0.266 e. The molecule has 0 radical (unpaired) electrons. The molecule has 3 heterocycles. The number of aromatic nitrogens is 4. The third-order valence-electron chi connectivity index (χ3n) is 4.17. The number of rotatable bonds is 3. The van der Waals surface area contributed by atoms with Crippen LogP contribution in [0.5, 0.6) is 0 Å². The van der Waals surface area contributed by atoms with Crippen molar-refractivity contribution in [1.29, 1.82) is 0 Å². The number of nitrogens with zero attached hydrogens (tertiary/aromatic N) is 4.